The van der Waals surface area contributed by atoms with E-state index in [1.807, 2.05) is 38.1 Å². The third kappa shape index (κ3) is 8.35. The second kappa shape index (κ2) is 14.2. The molecule has 0 fully saturated rings. The molecule has 0 aliphatic rings. The smallest absolute Gasteiger partial charge is 0.326 e. The highest BCUT2D eigenvalue weighted by Crippen LogP contribution is 2.19. The van der Waals surface area contributed by atoms with Crippen LogP contribution < -0.4 is 27.4 Å². The predicted octanol–water partition coefficient (Wildman–Crippen LogP) is 0.383. The predicted molar refractivity (Wildman–Crippen MR) is 137 cm³/mol. The number of hydrogen-bond acceptors (Lipinski definition) is 6. The van der Waals surface area contributed by atoms with Crippen molar-refractivity contribution in [1.82, 2.24) is 20.9 Å². The zero-order valence-electron chi connectivity index (χ0n) is 20.9. The lowest BCUT2D eigenvalue weighted by Gasteiger charge is -2.23. The number of benzene rings is 1. The molecule has 198 valence electrons. The number of aromatic nitrogens is 1. The molecule has 11 nitrogen and oxygen atoms in total. The van der Waals surface area contributed by atoms with Crippen LogP contribution in [0.5, 0.6) is 0 Å². The van der Waals surface area contributed by atoms with Gasteiger partial charge in [0.15, 0.2) is 0 Å². The van der Waals surface area contributed by atoms with Gasteiger partial charge in [-0.2, -0.15) is 0 Å². The Morgan fingerprint density at radius 3 is 2.44 bits per heavy atom. The van der Waals surface area contributed by atoms with E-state index in [9.17, 15) is 24.3 Å². The third-order valence-electron chi connectivity index (χ3n) is 6.30. The number of carbonyl (C=O) groups is 4. The van der Waals surface area contributed by atoms with Gasteiger partial charge in [0, 0.05) is 23.5 Å². The number of nitrogens with two attached hydrogens (primary N) is 2. The number of rotatable bonds is 15. The Morgan fingerprint density at radius 2 is 1.78 bits per heavy atom. The topological polar surface area (TPSA) is 192 Å². The number of nitrogens with one attached hydrogen (secondary N) is 4. The number of unbranched alkanes of at least 4 members (excludes halogenated alkanes) is 1. The van der Waals surface area contributed by atoms with Crippen LogP contribution in [0.15, 0.2) is 30.5 Å². The molecule has 11 heteroatoms. The molecule has 0 aliphatic carbocycles. The van der Waals surface area contributed by atoms with Gasteiger partial charge < -0.3 is 37.5 Å². The van der Waals surface area contributed by atoms with Gasteiger partial charge >= 0.3 is 5.97 Å². The van der Waals surface area contributed by atoms with Crippen molar-refractivity contribution in [2.45, 2.75) is 64.1 Å². The first-order chi connectivity index (χ1) is 17.2. The number of H-pyrrole nitrogens is 1. The van der Waals surface area contributed by atoms with E-state index in [4.69, 9.17) is 11.5 Å². The summed E-state index contributed by atoms with van der Waals surface area (Å²) in [7, 11) is 0. The minimum absolute atomic E-state index is 0.0615. The minimum Gasteiger partial charge on any atom is -0.480 e. The van der Waals surface area contributed by atoms with Gasteiger partial charge in [-0.3, -0.25) is 14.4 Å². The van der Waals surface area contributed by atoms with Crippen LogP contribution in [0.25, 0.3) is 10.9 Å². The largest absolute Gasteiger partial charge is 0.480 e. The molecule has 0 bridgehead atoms. The summed E-state index contributed by atoms with van der Waals surface area (Å²) in [6.45, 7) is 3.79. The van der Waals surface area contributed by atoms with Gasteiger partial charge in [0.05, 0.1) is 12.6 Å². The van der Waals surface area contributed by atoms with Crippen molar-refractivity contribution >= 4 is 34.6 Å². The summed E-state index contributed by atoms with van der Waals surface area (Å²) in [5.74, 6) is -2.89. The molecule has 2 rings (SSSR count). The second-order valence-electron chi connectivity index (χ2n) is 9.00. The van der Waals surface area contributed by atoms with Crippen LogP contribution in [0.3, 0.4) is 0 Å². The number of carboxylic acid groups (broad SMARTS) is 1. The first-order valence-corrected chi connectivity index (χ1v) is 12.3. The zero-order chi connectivity index (χ0) is 26.7. The fourth-order valence-corrected chi connectivity index (χ4v) is 3.80. The first kappa shape index (κ1) is 28.8. The summed E-state index contributed by atoms with van der Waals surface area (Å²) in [6, 6.07) is 4.64. The Hall–Kier alpha value is -3.44. The van der Waals surface area contributed by atoms with Crippen molar-refractivity contribution in [1.29, 1.82) is 0 Å². The van der Waals surface area contributed by atoms with E-state index in [0.29, 0.717) is 32.2 Å². The average Bonchev–Trinajstić information content (AvgIpc) is 3.28. The minimum atomic E-state index is -1.19. The number of carboxylic acids is 1. The molecular formula is C25H38N6O5. The Morgan fingerprint density at radius 1 is 1.06 bits per heavy atom. The Balaban J connectivity index is 1.96. The maximum absolute atomic E-state index is 12.8. The van der Waals surface area contributed by atoms with E-state index >= 15 is 0 Å². The van der Waals surface area contributed by atoms with Crippen molar-refractivity contribution < 1.29 is 24.3 Å². The van der Waals surface area contributed by atoms with Crippen LogP contribution in [0.4, 0.5) is 0 Å². The summed E-state index contributed by atoms with van der Waals surface area (Å²) in [6.07, 6.45) is 4.11. The lowest BCUT2D eigenvalue weighted by Crippen LogP contribution is -2.54. The summed E-state index contributed by atoms with van der Waals surface area (Å²) in [5, 5.41) is 18.1. The van der Waals surface area contributed by atoms with Crippen molar-refractivity contribution in [2.24, 2.45) is 17.4 Å². The van der Waals surface area contributed by atoms with Crippen LogP contribution in [-0.2, 0) is 25.6 Å². The molecule has 36 heavy (non-hydrogen) atoms. The third-order valence-corrected chi connectivity index (χ3v) is 6.30. The molecule has 1 heterocycles. The molecule has 2 aromatic rings. The van der Waals surface area contributed by atoms with Gasteiger partial charge in [0.1, 0.15) is 12.1 Å². The van der Waals surface area contributed by atoms with Crippen molar-refractivity contribution in [3.63, 3.8) is 0 Å². The van der Waals surface area contributed by atoms with E-state index in [2.05, 4.69) is 20.9 Å². The van der Waals surface area contributed by atoms with E-state index in [-0.39, 0.29) is 12.3 Å². The molecule has 0 radical (unpaired) electrons. The van der Waals surface area contributed by atoms with E-state index in [0.717, 1.165) is 16.5 Å². The number of amides is 3. The highest BCUT2D eigenvalue weighted by Gasteiger charge is 2.27. The number of aliphatic carboxylic acids is 1. The van der Waals surface area contributed by atoms with Gasteiger partial charge in [-0.1, -0.05) is 38.5 Å². The van der Waals surface area contributed by atoms with Crippen molar-refractivity contribution in [2.75, 3.05) is 13.1 Å². The van der Waals surface area contributed by atoms with Crippen LogP contribution in [0.1, 0.15) is 45.1 Å². The average molecular weight is 503 g/mol. The SMILES string of the molecule is CCC(C)C(N)C(=O)NC(CCCCN)C(=O)NCC(=O)NC(Cc1c[nH]c2ccccc12)C(=O)O. The van der Waals surface area contributed by atoms with Crippen molar-refractivity contribution in [3.8, 4) is 0 Å². The molecule has 0 spiro atoms. The van der Waals surface area contributed by atoms with Gasteiger partial charge in [0.2, 0.25) is 17.7 Å². The van der Waals surface area contributed by atoms with E-state index in [1.54, 1.807) is 6.20 Å². The van der Waals surface area contributed by atoms with Gasteiger partial charge in [-0.15, -0.1) is 0 Å². The van der Waals surface area contributed by atoms with Gasteiger partial charge in [-0.25, -0.2) is 4.79 Å². The molecular weight excluding hydrogens is 464 g/mol. The Bertz CT molecular complexity index is 1040. The monoisotopic (exact) mass is 502 g/mol. The molecule has 4 unspecified atom stereocenters. The molecule has 1 aromatic heterocycles. The molecule has 0 aliphatic heterocycles. The fourth-order valence-electron chi connectivity index (χ4n) is 3.80. The maximum atomic E-state index is 12.8. The lowest BCUT2D eigenvalue weighted by molar-refractivity contribution is -0.141. The van der Waals surface area contributed by atoms with Crippen LogP contribution in [0.2, 0.25) is 0 Å². The number of aromatic amines is 1. The first-order valence-electron chi connectivity index (χ1n) is 12.3. The summed E-state index contributed by atoms with van der Waals surface area (Å²) in [5.41, 5.74) is 13.1. The molecule has 1 aromatic carbocycles. The van der Waals surface area contributed by atoms with E-state index in [1.165, 1.54) is 0 Å². The Labute approximate surface area is 210 Å². The van der Waals surface area contributed by atoms with Gasteiger partial charge in [0.25, 0.3) is 0 Å². The van der Waals surface area contributed by atoms with E-state index < -0.39 is 48.4 Å². The van der Waals surface area contributed by atoms with Gasteiger partial charge in [-0.05, 0) is 43.4 Å². The summed E-state index contributed by atoms with van der Waals surface area (Å²) < 4.78 is 0. The van der Waals surface area contributed by atoms with Crippen LogP contribution in [-0.4, -0.2) is 65.0 Å². The molecule has 4 atom stereocenters. The molecule has 0 saturated carbocycles. The summed E-state index contributed by atoms with van der Waals surface area (Å²) in [4.78, 5) is 52.6. The normalized spacial score (nSPS) is 14.4. The zero-order valence-corrected chi connectivity index (χ0v) is 20.9. The number of carbonyl (C=O) groups excluding carboxylic acids is 3. The van der Waals surface area contributed by atoms with Crippen LogP contribution in [0, 0.1) is 5.92 Å². The molecule has 9 N–H and O–H groups in total. The summed E-state index contributed by atoms with van der Waals surface area (Å²) >= 11 is 0. The highest BCUT2D eigenvalue weighted by atomic mass is 16.4. The highest BCUT2D eigenvalue weighted by molar-refractivity contribution is 5.93. The number of hydrogen-bond donors (Lipinski definition) is 7. The second-order valence-corrected chi connectivity index (χ2v) is 9.00. The molecule has 3 amide bonds. The standard InChI is InChI=1S/C25H38N6O5/c1-3-15(2)22(27)24(34)31-19(10-6-7-11-26)23(33)29-14-21(32)30-20(25(35)36)12-16-13-28-18-9-5-4-8-17(16)18/h4-5,8-9,13,15,19-20,22,28H,3,6-7,10-12,14,26-27H2,1-2H3,(H,29,33)(H,30,32)(H,31,34)(H,35,36). The maximum Gasteiger partial charge on any atom is 0.326 e. The lowest BCUT2D eigenvalue weighted by atomic mass is 9.98. The Kier molecular flexibility index (Phi) is 11.4. The number of fused-ring (bicyclic) bond motifs is 1. The quantitative estimate of drug-likeness (QED) is 0.171. The number of para-hydroxylation sites is 1. The molecule has 0 saturated heterocycles. The van der Waals surface area contributed by atoms with Crippen LogP contribution >= 0.6 is 0 Å². The fraction of sp³-hybridized carbons (Fsp3) is 0.520. The van der Waals surface area contributed by atoms with Crippen molar-refractivity contribution in [3.05, 3.63) is 36.0 Å².